The average molecular weight is 253 g/mol. The van der Waals surface area contributed by atoms with Gasteiger partial charge in [0.1, 0.15) is 0 Å². The summed E-state index contributed by atoms with van der Waals surface area (Å²) in [6.45, 7) is 1.61. The Kier molecular flexibility index (Phi) is 3.83. The van der Waals surface area contributed by atoms with Gasteiger partial charge in [0.15, 0.2) is 0 Å². The fourth-order valence-electron chi connectivity index (χ4n) is 1.46. The predicted octanol–water partition coefficient (Wildman–Crippen LogP) is 3.27. The summed E-state index contributed by atoms with van der Waals surface area (Å²) in [5, 5.41) is 3.34. The van der Waals surface area contributed by atoms with E-state index in [-0.39, 0.29) is 0 Å². The normalized spacial score (nSPS) is 10.6. The molecule has 0 spiro atoms. The Bertz CT molecular complexity index is 468. The van der Waals surface area contributed by atoms with E-state index in [4.69, 9.17) is 17.3 Å². The molecule has 0 saturated heterocycles. The van der Waals surface area contributed by atoms with Gasteiger partial charge in [-0.1, -0.05) is 29.8 Å². The van der Waals surface area contributed by atoms with Gasteiger partial charge in [0.05, 0.1) is 4.34 Å². The van der Waals surface area contributed by atoms with Crippen molar-refractivity contribution in [1.82, 2.24) is 5.32 Å². The van der Waals surface area contributed by atoms with Crippen LogP contribution in [0.15, 0.2) is 36.4 Å². The van der Waals surface area contributed by atoms with E-state index in [1.807, 2.05) is 36.4 Å². The molecule has 16 heavy (non-hydrogen) atoms. The molecule has 1 aromatic heterocycles. The van der Waals surface area contributed by atoms with Gasteiger partial charge in [-0.3, -0.25) is 0 Å². The van der Waals surface area contributed by atoms with Crippen LogP contribution < -0.4 is 11.1 Å². The number of thiophene rings is 1. The molecule has 2 aromatic rings. The lowest BCUT2D eigenvalue weighted by Gasteiger charge is -2.06. The molecule has 1 heterocycles. The number of para-hydroxylation sites is 1. The van der Waals surface area contributed by atoms with Gasteiger partial charge >= 0.3 is 0 Å². The highest BCUT2D eigenvalue weighted by Gasteiger charge is 1.99. The summed E-state index contributed by atoms with van der Waals surface area (Å²) in [6.07, 6.45) is 0. The third-order valence-electron chi connectivity index (χ3n) is 2.30. The molecule has 3 N–H and O–H groups in total. The van der Waals surface area contributed by atoms with Gasteiger partial charge in [-0.2, -0.15) is 0 Å². The third kappa shape index (κ3) is 2.98. The first-order valence-electron chi connectivity index (χ1n) is 5.04. The van der Waals surface area contributed by atoms with E-state index in [2.05, 4.69) is 5.32 Å². The minimum atomic E-state index is 0.780. The molecule has 0 fully saturated rings. The number of anilines is 1. The number of nitrogen functional groups attached to an aromatic ring is 1. The monoisotopic (exact) mass is 252 g/mol. The van der Waals surface area contributed by atoms with Crippen molar-refractivity contribution in [3.05, 3.63) is 51.2 Å². The summed E-state index contributed by atoms with van der Waals surface area (Å²) in [5.41, 5.74) is 7.81. The molecule has 0 atom stereocenters. The Labute approximate surface area is 104 Å². The molecule has 0 aliphatic heterocycles. The minimum absolute atomic E-state index is 0.780. The van der Waals surface area contributed by atoms with E-state index in [9.17, 15) is 0 Å². The Morgan fingerprint density at radius 1 is 1.12 bits per heavy atom. The highest BCUT2D eigenvalue weighted by Crippen LogP contribution is 2.21. The Morgan fingerprint density at radius 2 is 1.94 bits per heavy atom. The zero-order valence-corrected chi connectivity index (χ0v) is 10.3. The molecule has 0 unspecified atom stereocenters. The summed E-state index contributed by atoms with van der Waals surface area (Å²) in [7, 11) is 0. The van der Waals surface area contributed by atoms with Crippen LogP contribution in [-0.2, 0) is 13.1 Å². The van der Waals surface area contributed by atoms with E-state index in [0.29, 0.717) is 0 Å². The fraction of sp³-hybridized carbons (Fsp3) is 0.167. The van der Waals surface area contributed by atoms with Crippen molar-refractivity contribution in [1.29, 1.82) is 0 Å². The topological polar surface area (TPSA) is 38.0 Å². The zero-order chi connectivity index (χ0) is 11.4. The smallest absolute Gasteiger partial charge is 0.0931 e. The van der Waals surface area contributed by atoms with E-state index >= 15 is 0 Å². The van der Waals surface area contributed by atoms with E-state index in [1.165, 1.54) is 4.88 Å². The van der Waals surface area contributed by atoms with Crippen LogP contribution in [0.5, 0.6) is 0 Å². The number of nitrogens with one attached hydrogen (secondary N) is 1. The van der Waals surface area contributed by atoms with Crippen molar-refractivity contribution in [2.24, 2.45) is 0 Å². The molecule has 0 aliphatic rings. The van der Waals surface area contributed by atoms with Crippen LogP contribution in [0, 0.1) is 0 Å². The predicted molar refractivity (Wildman–Crippen MR) is 70.7 cm³/mol. The second-order valence-corrected chi connectivity index (χ2v) is 5.31. The zero-order valence-electron chi connectivity index (χ0n) is 8.74. The van der Waals surface area contributed by atoms with Gasteiger partial charge in [0, 0.05) is 23.7 Å². The standard InChI is InChI=1S/C12H13ClN2S/c13-12-6-5-10(16-12)8-15-7-9-3-1-2-4-11(9)14/h1-6,15H,7-8,14H2. The average Bonchev–Trinajstić information content (AvgIpc) is 2.67. The van der Waals surface area contributed by atoms with Gasteiger partial charge < -0.3 is 11.1 Å². The van der Waals surface area contributed by atoms with Gasteiger partial charge in [-0.05, 0) is 23.8 Å². The lowest BCUT2D eigenvalue weighted by molar-refractivity contribution is 0.702. The summed E-state index contributed by atoms with van der Waals surface area (Å²) < 4.78 is 0.830. The number of hydrogen-bond acceptors (Lipinski definition) is 3. The number of hydrogen-bond donors (Lipinski definition) is 2. The van der Waals surface area contributed by atoms with Crippen molar-refractivity contribution < 1.29 is 0 Å². The number of halogens is 1. The molecular formula is C12H13ClN2S. The SMILES string of the molecule is Nc1ccccc1CNCc1ccc(Cl)s1. The third-order valence-corrected chi connectivity index (χ3v) is 3.53. The molecular weight excluding hydrogens is 240 g/mol. The lowest BCUT2D eigenvalue weighted by atomic mass is 10.2. The van der Waals surface area contributed by atoms with Crippen LogP contribution in [0.3, 0.4) is 0 Å². The molecule has 1 aromatic carbocycles. The highest BCUT2D eigenvalue weighted by molar-refractivity contribution is 7.16. The largest absolute Gasteiger partial charge is 0.398 e. The maximum absolute atomic E-state index is 5.85. The van der Waals surface area contributed by atoms with Crippen molar-refractivity contribution >= 4 is 28.6 Å². The second kappa shape index (κ2) is 5.34. The summed E-state index contributed by atoms with van der Waals surface area (Å²) >= 11 is 7.45. The Morgan fingerprint density at radius 3 is 2.62 bits per heavy atom. The van der Waals surface area contributed by atoms with Crippen LogP contribution in [-0.4, -0.2) is 0 Å². The highest BCUT2D eigenvalue weighted by atomic mass is 35.5. The van der Waals surface area contributed by atoms with E-state index in [0.717, 1.165) is 28.7 Å². The van der Waals surface area contributed by atoms with Crippen LogP contribution in [0.4, 0.5) is 5.69 Å². The quantitative estimate of drug-likeness (QED) is 0.820. The van der Waals surface area contributed by atoms with Crippen LogP contribution in [0.2, 0.25) is 4.34 Å². The van der Waals surface area contributed by atoms with Gasteiger partial charge in [0.25, 0.3) is 0 Å². The minimum Gasteiger partial charge on any atom is -0.398 e. The van der Waals surface area contributed by atoms with Crippen molar-refractivity contribution in [2.45, 2.75) is 13.1 Å². The molecule has 0 aliphatic carbocycles. The summed E-state index contributed by atoms with van der Waals surface area (Å²) in [4.78, 5) is 1.24. The lowest BCUT2D eigenvalue weighted by Crippen LogP contribution is -2.12. The maximum atomic E-state index is 5.85. The first-order valence-corrected chi connectivity index (χ1v) is 6.23. The maximum Gasteiger partial charge on any atom is 0.0931 e. The van der Waals surface area contributed by atoms with Crippen LogP contribution in [0.25, 0.3) is 0 Å². The number of benzene rings is 1. The van der Waals surface area contributed by atoms with Crippen LogP contribution >= 0.6 is 22.9 Å². The second-order valence-electron chi connectivity index (χ2n) is 3.51. The van der Waals surface area contributed by atoms with E-state index < -0.39 is 0 Å². The first-order chi connectivity index (χ1) is 7.75. The van der Waals surface area contributed by atoms with Crippen LogP contribution in [0.1, 0.15) is 10.4 Å². The Hall–Kier alpha value is -1.03. The molecule has 0 radical (unpaired) electrons. The molecule has 4 heteroatoms. The summed E-state index contributed by atoms with van der Waals surface area (Å²) in [5.74, 6) is 0. The Balaban J connectivity index is 1.87. The molecule has 84 valence electrons. The fourth-order valence-corrected chi connectivity index (χ4v) is 2.52. The van der Waals surface area contributed by atoms with Gasteiger partial charge in [-0.25, -0.2) is 0 Å². The van der Waals surface area contributed by atoms with Gasteiger partial charge in [0.2, 0.25) is 0 Å². The van der Waals surface area contributed by atoms with Gasteiger partial charge in [-0.15, -0.1) is 11.3 Å². The molecule has 0 saturated carbocycles. The summed E-state index contributed by atoms with van der Waals surface area (Å²) in [6, 6.07) is 11.8. The van der Waals surface area contributed by atoms with Crippen molar-refractivity contribution in [2.75, 3.05) is 5.73 Å². The van der Waals surface area contributed by atoms with E-state index in [1.54, 1.807) is 11.3 Å². The first kappa shape index (κ1) is 11.5. The number of nitrogens with two attached hydrogens (primary N) is 1. The number of rotatable bonds is 4. The molecule has 2 nitrogen and oxygen atoms in total. The van der Waals surface area contributed by atoms with Crippen molar-refractivity contribution in [3.63, 3.8) is 0 Å². The molecule has 2 rings (SSSR count). The molecule has 0 bridgehead atoms. The van der Waals surface area contributed by atoms with Crippen molar-refractivity contribution in [3.8, 4) is 0 Å². The molecule has 0 amide bonds.